The second-order valence-corrected chi connectivity index (χ2v) is 5.24. The minimum absolute atomic E-state index is 0.151. The number of nitrogens with two attached hydrogens (primary N) is 1. The monoisotopic (exact) mass is 228 g/mol. The molecule has 0 aromatic heterocycles. The molecule has 0 unspecified atom stereocenters. The van der Waals surface area contributed by atoms with Crippen LogP contribution in [0.1, 0.15) is 19.8 Å². The van der Waals surface area contributed by atoms with Crippen LogP contribution in [0.15, 0.2) is 24.3 Å². The summed E-state index contributed by atoms with van der Waals surface area (Å²) in [7, 11) is -3.22. The van der Waals surface area contributed by atoms with E-state index in [1.807, 2.05) is 6.92 Å². The standard InChI is InChI=1S/C10H16N2O2S/c1-2-3-7-15(13,14)12-10-6-4-5-9(11)8-10/h4-6,8,12H,2-3,7,11H2,1H3. The summed E-state index contributed by atoms with van der Waals surface area (Å²) in [6, 6.07) is 6.71. The van der Waals surface area contributed by atoms with Gasteiger partial charge < -0.3 is 5.73 Å². The summed E-state index contributed by atoms with van der Waals surface area (Å²) < 4.78 is 25.5. The molecule has 0 aliphatic heterocycles. The van der Waals surface area contributed by atoms with E-state index >= 15 is 0 Å². The van der Waals surface area contributed by atoms with Crippen LogP contribution in [0.5, 0.6) is 0 Å². The normalized spacial score (nSPS) is 11.3. The minimum atomic E-state index is -3.22. The highest BCUT2D eigenvalue weighted by Crippen LogP contribution is 2.13. The van der Waals surface area contributed by atoms with Crippen LogP contribution in [0.3, 0.4) is 0 Å². The number of rotatable bonds is 5. The summed E-state index contributed by atoms with van der Waals surface area (Å²) in [5.74, 6) is 0.151. The largest absolute Gasteiger partial charge is 0.399 e. The van der Waals surface area contributed by atoms with Crippen molar-refractivity contribution in [1.82, 2.24) is 0 Å². The molecule has 0 saturated heterocycles. The third-order valence-electron chi connectivity index (χ3n) is 1.93. The first kappa shape index (κ1) is 11.8. The van der Waals surface area contributed by atoms with Crippen LogP contribution in [0, 0.1) is 0 Å². The fraction of sp³-hybridized carbons (Fsp3) is 0.400. The fourth-order valence-corrected chi connectivity index (χ4v) is 2.42. The Morgan fingerprint density at radius 3 is 2.73 bits per heavy atom. The Morgan fingerprint density at radius 2 is 2.13 bits per heavy atom. The van der Waals surface area contributed by atoms with E-state index in [1.165, 1.54) is 0 Å². The Hall–Kier alpha value is -1.23. The highest BCUT2D eigenvalue weighted by atomic mass is 32.2. The smallest absolute Gasteiger partial charge is 0.232 e. The molecular weight excluding hydrogens is 212 g/mol. The lowest BCUT2D eigenvalue weighted by atomic mass is 10.3. The molecule has 0 amide bonds. The summed E-state index contributed by atoms with van der Waals surface area (Å²) in [5, 5.41) is 0. The van der Waals surface area contributed by atoms with E-state index < -0.39 is 10.0 Å². The van der Waals surface area contributed by atoms with Crippen LogP contribution in [-0.4, -0.2) is 14.2 Å². The highest BCUT2D eigenvalue weighted by Gasteiger charge is 2.08. The van der Waals surface area contributed by atoms with E-state index in [0.717, 1.165) is 6.42 Å². The average Bonchev–Trinajstić information content (AvgIpc) is 2.14. The third-order valence-corrected chi connectivity index (χ3v) is 3.30. The van der Waals surface area contributed by atoms with Crippen molar-refractivity contribution in [2.45, 2.75) is 19.8 Å². The third kappa shape index (κ3) is 4.20. The lowest BCUT2D eigenvalue weighted by Gasteiger charge is -2.07. The first-order valence-electron chi connectivity index (χ1n) is 4.89. The number of sulfonamides is 1. The number of benzene rings is 1. The highest BCUT2D eigenvalue weighted by molar-refractivity contribution is 7.92. The number of unbranched alkanes of at least 4 members (excludes halogenated alkanes) is 1. The quantitative estimate of drug-likeness (QED) is 0.755. The molecule has 1 aromatic rings. The number of nitrogen functional groups attached to an aromatic ring is 1. The van der Waals surface area contributed by atoms with E-state index in [2.05, 4.69) is 4.72 Å². The van der Waals surface area contributed by atoms with E-state index in [9.17, 15) is 8.42 Å². The number of hydrogen-bond donors (Lipinski definition) is 2. The van der Waals surface area contributed by atoms with Gasteiger partial charge in [0.2, 0.25) is 10.0 Å². The summed E-state index contributed by atoms with van der Waals surface area (Å²) in [4.78, 5) is 0. The Bertz CT molecular complexity index is 415. The Labute approximate surface area is 90.5 Å². The molecule has 0 heterocycles. The molecule has 0 saturated carbocycles. The van der Waals surface area contributed by atoms with Crippen LogP contribution in [0.25, 0.3) is 0 Å². The number of nitrogens with one attached hydrogen (secondary N) is 1. The number of hydrogen-bond acceptors (Lipinski definition) is 3. The SMILES string of the molecule is CCCCS(=O)(=O)Nc1cccc(N)c1. The molecular formula is C10H16N2O2S. The van der Waals surface area contributed by atoms with Crippen molar-refractivity contribution in [3.63, 3.8) is 0 Å². The van der Waals surface area contributed by atoms with Gasteiger partial charge in [0.15, 0.2) is 0 Å². The average molecular weight is 228 g/mol. The molecule has 0 fully saturated rings. The molecule has 0 aliphatic carbocycles. The molecule has 0 bridgehead atoms. The van der Waals surface area contributed by atoms with Crippen LogP contribution in [0.4, 0.5) is 11.4 Å². The summed E-state index contributed by atoms with van der Waals surface area (Å²) in [6.45, 7) is 1.95. The van der Waals surface area contributed by atoms with E-state index in [1.54, 1.807) is 24.3 Å². The van der Waals surface area contributed by atoms with Gasteiger partial charge in [-0.1, -0.05) is 19.4 Å². The maximum absolute atomic E-state index is 11.5. The second-order valence-electron chi connectivity index (χ2n) is 3.40. The van der Waals surface area contributed by atoms with Gasteiger partial charge in [-0.2, -0.15) is 0 Å². The van der Waals surface area contributed by atoms with E-state index in [4.69, 9.17) is 5.73 Å². The zero-order valence-electron chi connectivity index (χ0n) is 8.73. The predicted molar refractivity (Wildman–Crippen MR) is 63.2 cm³/mol. The van der Waals surface area contributed by atoms with Crippen molar-refractivity contribution in [2.75, 3.05) is 16.2 Å². The molecule has 0 radical (unpaired) electrons. The second kappa shape index (κ2) is 5.02. The van der Waals surface area contributed by atoms with Crippen molar-refractivity contribution >= 4 is 21.4 Å². The maximum atomic E-state index is 11.5. The topological polar surface area (TPSA) is 72.2 Å². The molecule has 5 heteroatoms. The molecule has 1 rings (SSSR count). The number of anilines is 2. The molecule has 4 nitrogen and oxygen atoms in total. The van der Waals surface area contributed by atoms with Crippen LogP contribution in [0.2, 0.25) is 0 Å². The van der Waals surface area contributed by atoms with E-state index in [-0.39, 0.29) is 5.75 Å². The Kier molecular flexibility index (Phi) is 3.96. The van der Waals surface area contributed by atoms with Gasteiger partial charge in [-0.15, -0.1) is 0 Å². The zero-order chi connectivity index (χ0) is 11.3. The van der Waals surface area contributed by atoms with Gasteiger partial charge in [0.1, 0.15) is 0 Å². The molecule has 0 spiro atoms. The lowest BCUT2D eigenvalue weighted by Crippen LogP contribution is -2.16. The van der Waals surface area contributed by atoms with Crippen molar-refractivity contribution in [2.24, 2.45) is 0 Å². The molecule has 0 atom stereocenters. The van der Waals surface area contributed by atoms with Gasteiger partial charge >= 0.3 is 0 Å². The van der Waals surface area contributed by atoms with Gasteiger partial charge in [0.25, 0.3) is 0 Å². The molecule has 0 aliphatic rings. The van der Waals surface area contributed by atoms with Crippen molar-refractivity contribution < 1.29 is 8.42 Å². The minimum Gasteiger partial charge on any atom is -0.399 e. The van der Waals surface area contributed by atoms with Gasteiger partial charge in [-0.05, 0) is 24.6 Å². The van der Waals surface area contributed by atoms with E-state index in [0.29, 0.717) is 17.8 Å². The predicted octanol–water partition coefficient (Wildman–Crippen LogP) is 1.81. The molecule has 84 valence electrons. The first-order valence-corrected chi connectivity index (χ1v) is 6.55. The van der Waals surface area contributed by atoms with Crippen LogP contribution < -0.4 is 10.5 Å². The summed E-state index contributed by atoms with van der Waals surface area (Å²) in [5.41, 5.74) is 6.61. The molecule has 1 aromatic carbocycles. The van der Waals surface area contributed by atoms with Gasteiger partial charge in [0, 0.05) is 5.69 Å². The van der Waals surface area contributed by atoms with Gasteiger partial charge in [-0.3, -0.25) is 4.72 Å². The summed E-state index contributed by atoms with van der Waals surface area (Å²) >= 11 is 0. The fourth-order valence-electron chi connectivity index (χ4n) is 1.17. The van der Waals surface area contributed by atoms with Crippen LogP contribution >= 0.6 is 0 Å². The zero-order valence-corrected chi connectivity index (χ0v) is 9.55. The maximum Gasteiger partial charge on any atom is 0.232 e. The Balaban J connectivity index is 2.69. The molecule has 3 N–H and O–H groups in total. The van der Waals surface area contributed by atoms with Gasteiger partial charge in [0.05, 0.1) is 11.4 Å². The Morgan fingerprint density at radius 1 is 1.40 bits per heavy atom. The first-order chi connectivity index (χ1) is 7.03. The van der Waals surface area contributed by atoms with Crippen molar-refractivity contribution in [1.29, 1.82) is 0 Å². The van der Waals surface area contributed by atoms with Crippen LogP contribution in [-0.2, 0) is 10.0 Å². The van der Waals surface area contributed by atoms with Crippen molar-refractivity contribution in [3.05, 3.63) is 24.3 Å². The summed E-state index contributed by atoms with van der Waals surface area (Å²) in [6.07, 6.45) is 1.52. The molecule has 15 heavy (non-hydrogen) atoms. The lowest BCUT2D eigenvalue weighted by molar-refractivity contribution is 0.598. The van der Waals surface area contributed by atoms with Crippen molar-refractivity contribution in [3.8, 4) is 0 Å². The van der Waals surface area contributed by atoms with Gasteiger partial charge in [-0.25, -0.2) is 8.42 Å².